The molecule has 0 aliphatic carbocycles. The molecule has 0 bridgehead atoms. The molecule has 0 saturated heterocycles. The van der Waals surface area contributed by atoms with Crippen LogP contribution < -0.4 is 4.74 Å². The van der Waals surface area contributed by atoms with Gasteiger partial charge in [-0.05, 0) is 12.1 Å². The van der Waals surface area contributed by atoms with E-state index in [1.807, 2.05) is 0 Å². The zero-order valence-corrected chi connectivity index (χ0v) is 4.52. The van der Waals surface area contributed by atoms with E-state index in [0.29, 0.717) is 0 Å². The molecule has 0 amide bonds. The second kappa shape index (κ2) is 2.49. The fraction of sp³-hybridized carbons (Fsp3) is 0.143. The topological polar surface area (TPSA) is 9.23 Å². The first-order valence-corrected chi connectivity index (χ1v) is 2.34. The first-order valence-electron chi connectivity index (χ1n) is 4.34. The summed E-state index contributed by atoms with van der Waals surface area (Å²) in [5.41, 5.74) is 0. The van der Waals surface area contributed by atoms with Crippen molar-refractivity contribution in [3.63, 3.8) is 0 Å². The molecule has 0 atom stereocenters. The van der Waals surface area contributed by atoms with Crippen molar-refractivity contribution in [2.45, 2.75) is 0 Å². The largest absolute Gasteiger partial charge is 0.497 e. The molecule has 2 heteroatoms. The molecule has 0 aliphatic heterocycles. The monoisotopic (exact) mass is 130 g/mol. The minimum absolute atomic E-state index is 0.278. The van der Waals surface area contributed by atoms with Gasteiger partial charge >= 0.3 is 0 Å². The SMILES string of the molecule is [2H]c1c(F)cccc1OC([2H])([2H])[2H]. The molecule has 0 aromatic heterocycles. The van der Waals surface area contributed by atoms with E-state index in [9.17, 15) is 4.39 Å². The van der Waals surface area contributed by atoms with Crippen molar-refractivity contribution in [1.29, 1.82) is 0 Å². The summed E-state index contributed by atoms with van der Waals surface area (Å²) in [5, 5.41) is 0. The predicted molar refractivity (Wildman–Crippen MR) is 33.0 cm³/mol. The molecule has 0 N–H and O–H groups in total. The van der Waals surface area contributed by atoms with E-state index in [1.54, 1.807) is 0 Å². The van der Waals surface area contributed by atoms with E-state index in [1.165, 1.54) is 12.1 Å². The average molecular weight is 130 g/mol. The highest BCUT2D eigenvalue weighted by Crippen LogP contribution is 2.09. The van der Waals surface area contributed by atoms with E-state index in [0.717, 1.165) is 6.07 Å². The summed E-state index contributed by atoms with van der Waals surface area (Å²) in [7, 11) is -2.65. The number of hydrogen-bond acceptors (Lipinski definition) is 1. The third kappa shape index (κ3) is 1.42. The van der Waals surface area contributed by atoms with Crippen molar-refractivity contribution < 1.29 is 14.6 Å². The minimum Gasteiger partial charge on any atom is -0.497 e. The molecule has 0 aliphatic rings. The van der Waals surface area contributed by atoms with Gasteiger partial charge in [-0.1, -0.05) is 6.07 Å². The molecule has 1 aromatic rings. The normalized spacial score (nSPS) is 17.0. The molecule has 0 fully saturated rings. The summed E-state index contributed by atoms with van der Waals surface area (Å²) in [6.07, 6.45) is 0. The summed E-state index contributed by atoms with van der Waals surface area (Å²) in [4.78, 5) is 0. The highest BCUT2D eigenvalue weighted by molar-refractivity contribution is 5.21. The summed E-state index contributed by atoms with van der Waals surface area (Å²) in [6, 6.07) is 3.04. The van der Waals surface area contributed by atoms with Gasteiger partial charge in [0.25, 0.3) is 0 Å². The lowest BCUT2D eigenvalue weighted by molar-refractivity contribution is 0.411. The number of hydrogen-bond donors (Lipinski definition) is 0. The zero-order chi connectivity index (χ0) is 10.1. The molecule has 1 aromatic carbocycles. The van der Waals surface area contributed by atoms with E-state index in [-0.39, 0.29) is 5.75 Å². The van der Waals surface area contributed by atoms with Crippen LogP contribution in [0.25, 0.3) is 0 Å². The van der Waals surface area contributed by atoms with E-state index in [2.05, 4.69) is 4.74 Å². The molecule has 0 unspecified atom stereocenters. The Balaban J connectivity index is 2.96. The van der Waals surface area contributed by atoms with Gasteiger partial charge in [0.1, 0.15) is 11.6 Å². The number of ether oxygens (including phenoxy) is 1. The van der Waals surface area contributed by atoms with E-state index in [4.69, 9.17) is 5.48 Å². The smallest absolute Gasteiger partial charge is 0.126 e. The maximum absolute atomic E-state index is 12.7. The lowest BCUT2D eigenvalue weighted by atomic mass is 10.3. The van der Waals surface area contributed by atoms with Gasteiger partial charge in [-0.25, -0.2) is 4.39 Å². The highest BCUT2D eigenvalue weighted by atomic mass is 19.1. The third-order valence-corrected chi connectivity index (χ3v) is 0.843. The fourth-order valence-corrected chi connectivity index (χ4v) is 0.481. The van der Waals surface area contributed by atoms with Crippen molar-refractivity contribution in [3.8, 4) is 5.75 Å². The van der Waals surface area contributed by atoms with Gasteiger partial charge in [0.15, 0.2) is 0 Å². The highest BCUT2D eigenvalue weighted by Gasteiger charge is 1.90. The quantitative estimate of drug-likeness (QED) is 0.563. The molecule has 1 nitrogen and oxygen atoms in total. The number of methoxy groups -OCH3 is 1. The van der Waals surface area contributed by atoms with Gasteiger partial charge in [-0.2, -0.15) is 0 Å². The fourth-order valence-electron chi connectivity index (χ4n) is 0.481. The summed E-state index contributed by atoms with van der Waals surface area (Å²) < 4.78 is 44.4. The Bertz CT molecular complexity index is 310. The van der Waals surface area contributed by atoms with Crippen molar-refractivity contribution in [2.24, 2.45) is 0 Å². The Hall–Kier alpha value is -1.05. The molecule has 48 valence electrons. The van der Waals surface area contributed by atoms with Crippen LogP contribution in [0.3, 0.4) is 0 Å². The molecule has 1 rings (SSSR count). The maximum atomic E-state index is 12.7. The maximum Gasteiger partial charge on any atom is 0.126 e. The van der Waals surface area contributed by atoms with Gasteiger partial charge in [0.05, 0.1) is 12.5 Å². The molecular formula is C7H7FO. The van der Waals surface area contributed by atoms with Crippen LogP contribution in [0, 0.1) is 5.82 Å². The first kappa shape index (κ1) is 2.69. The lowest BCUT2D eigenvalue weighted by Crippen LogP contribution is -1.81. The van der Waals surface area contributed by atoms with Crippen LogP contribution >= 0.6 is 0 Å². The third-order valence-electron chi connectivity index (χ3n) is 0.843. The van der Waals surface area contributed by atoms with Crippen molar-refractivity contribution in [2.75, 3.05) is 7.04 Å². The number of halogens is 1. The lowest BCUT2D eigenvalue weighted by Gasteiger charge is -1.95. The van der Waals surface area contributed by atoms with Crippen LogP contribution in [0.2, 0.25) is 0 Å². The Morgan fingerprint density at radius 3 is 3.44 bits per heavy atom. The van der Waals surface area contributed by atoms with Crippen molar-refractivity contribution in [1.82, 2.24) is 0 Å². The van der Waals surface area contributed by atoms with Gasteiger partial charge in [0, 0.05) is 6.04 Å². The number of rotatable bonds is 1. The Morgan fingerprint density at radius 1 is 1.78 bits per heavy atom. The van der Waals surface area contributed by atoms with Gasteiger partial charge in [-0.3, -0.25) is 0 Å². The van der Waals surface area contributed by atoms with Crippen LogP contribution in [0.1, 0.15) is 5.48 Å². The average Bonchev–Trinajstić information content (AvgIpc) is 1.96. The zero-order valence-electron chi connectivity index (χ0n) is 8.52. The molecule has 0 saturated carbocycles. The van der Waals surface area contributed by atoms with Crippen molar-refractivity contribution in [3.05, 3.63) is 30.1 Å². The molecule has 0 radical (unpaired) electrons. The Morgan fingerprint density at radius 2 is 2.67 bits per heavy atom. The van der Waals surface area contributed by atoms with Crippen LogP contribution in [0.15, 0.2) is 24.2 Å². The molecular weight excluding hydrogens is 119 g/mol. The number of benzene rings is 1. The molecule has 0 spiro atoms. The van der Waals surface area contributed by atoms with Gasteiger partial charge < -0.3 is 4.74 Å². The van der Waals surface area contributed by atoms with Crippen LogP contribution in [-0.4, -0.2) is 7.04 Å². The molecule has 9 heavy (non-hydrogen) atoms. The first-order chi connectivity index (χ1) is 5.90. The second-order valence-electron chi connectivity index (χ2n) is 1.47. The molecule has 0 heterocycles. The second-order valence-corrected chi connectivity index (χ2v) is 1.47. The standard InChI is InChI=1S/C7H7FO/c1-9-7-4-2-3-6(8)5-7/h2-5H,1H3/i1D3,5D. The Labute approximate surface area is 58.7 Å². The minimum atomic E-state index is -2.65. The predicted octanol–water partition coefficient (Wildman–Crippen LogP) is 1.83. The van der Waals surface area contributed by atoms with Crippen LogP contribution in [0.4, 0.5) is 4.39 Å². The van der Waals surface area contributed by atoms with Gasteiger partial charge in [-0.15, -0.1) is 0 Å². The Kier molecular flexibility index (Phi) is 0.743. The van der Waals surface area contributed by atoms with Crippen LogP contribution in [-0.2, 0) is 0 Å². The summed E-state index contributed by atoms with van der Waals surface area (Å²) >= 11 is 0. The van der Waals surface area contributed by atoms with E-state index >= 15 is 0 Å². The van der Waals surface area contributed by atoms with Crippen molar-refractivity contribution >= 4 is 0 Å². The summed E-state index contributed by atoms with van der Waals surface area (Å²) in [6.45, 7) is 0. The van der Waals surface area contributed by atoms with Crippen LogP contribution in [0.5, 0.6) is 5.75 Å². The van der Waals surface area contributed by atoms with Gasteiger partial charge in [0.2, 0.25) is 0 Å². The van der Waals surface area contributed by atoms with E-state index < -0.39 is 18.9 Å². The summed E-state index contributed by atoms with van der Waals surface area (Å²) in [5.74, 6) is -1.08.